The standard InChI is InChI=1S/C22H26N4O3/c27-19(25-18-3-1-17(2-4-18)20-26-24-13-29-20)5-6-23-21(28)22-10-14-7-15(11-22)9-16(8-14)12-22/h1-4,13-16H,5-12H2,(H,23,28)(H,25,27). The van der Waals surface area contributed by atoms with Crippen LogP contribution < -0.4 is 10.6 Å². The summed E-state index contributed by atoms with van der Waals surface area (Å²) in [6.45, 7) is 0.381. The van der Waals surface area contributed by atoms with Crippen molar-refractivity contribution < 1.29 is 14.0 Å². The summed E-state index contributed by atoms with van der Waals surface area (Å²) in [7, 11) is 0. The molecule has 4 aliphatic rings. The molecule has 4 bridgehead atoms. The maximum atomic E-state index is 12.9. The van der Waals surface area contributed by atoms with Gasteiger partial charge in [-0.25, -0.2) is 0 Å². The molecule has 7 heteroatoms. The van der Waals surface area contributed by atoms with Gasteiger partial charge in [-0.05, 0) is 80.5 Å². The van der Waals surface area contributed by atoms with Gasteiger partial charge in [-0.15, -0.1) is 10.2 Å². The molecule has 0 radical (unpaired) electrons. The van der Waals surface area contributed by atoms with Crippen LogP contribution in [0.1, 0.15) is 44.9 Å². The van der Waals surface area contributed by atoms with Crippen LogP contribution in [0, 0.1) is 23.2 Å². The molecule has 0 atom stereocenters. The number of anilines is 1. The van der Waals surface area contributed by atoms with Crippen molar-refractivity contribution in [3.05, 3.63) is 30.7 Å². The predicted molar refractivity (Wildman–Crippen MR) is 107 cm³/mol. The lowest BCUT2D eigenvalue weighted by Crippen LogP contribution is -2.53. The van der Waals surface area contributed by atoms with Crippen molar-refractivity contribution in [2.24, 2.45) is 23.2 Å². The van der Waals surface area contributed by atoms with E-state index < -0.39 is 0 Å². The molecule has 1 aromatic heterocycles. The second kappa shape index (κ2) is 7.28. The van der Waals surface area contributed by atoms with Crippen molar-refractivity contribution in [3.8, 4) is 11.5 Å². The van der Waals surface area contributed by atoms with Crippen LogP contribution in [0.4, 0.5) is 5.69 Å². The highest BCUT2D eigenvalue weighted by Crippen LogP contribution is 2.60. The van der Waals surface area contributed by atoms with Gasteiger partial charge in [0.25, 0.3) is 0 Å². The van der Waals surface area contributed by atoms with Gasteiger partial charge >= 0.3 is 0 Å². The summed E-state index contributed by atoms with van der Waals surface area (Å²) in [4.78, 5) is 25.2. The molecule has 152 valence electrons. The van der Waals surface area contributed by atoms with Crippen LogP contribution in [0.2, 0.25) is 0 Å². The summed E-state index contributed by atoms with van der Waals surface area (Å²) in [5, 5.41) is 13.4. The molecule has 1 aromatic carbocycles. The van der Waals surface area contributed by atoms with Crippen molar-refractivity contribution >= 4 is 17.5 Å². The molecule has 2 N–H and O–H groups in total. The van der Waals surface area contributed by atoms with Crippen LogP contribution in [0.25, 0.3) is 11.5 Å². The fraction of sp³-hybridized carbons (Fsp3) is 0.545. The summed E-state index contributed by atoms with van der Waals surface area (Å²) in [6.07, 6.45) is 8.64. The highest BCUT2D eigenvalue weighted by molar-refractivity contribution is 5.91. The van der Waals surface area contributed by atoms with E-state index in [1.807, 2.05) is 12.1 Å². The Kier molecular flexibility index (Phi) is 4.60. The topological polar surface area (TPSA) is 97.1 Å². The molecule has 2 aromatic rings. The molecule has 2 amide bonds. The normalized spacial score (nSPS) is 29.6. The third-order valence-corrected chi connectivity index (χ3v) is 6.93. The van der Waals surface area contributed by atoms with Crippen LogP contribution >= 0.6 is 0 Å². The lowest BCUT2D eigenvalue weighted by molar-refractivity contribution is -0.146. The number of aromatic nitrogens is 2. The SMILES string of the molecule is O=C(CCNC(=O)C12CC3CC(CC(C3)C1)C2)Nc1ccc(-c2nnco2)cc1. The molecule has 0 aliphatic heterocycles. The molecule has 4 fully saturated rings. The minimum Gasteiger partial charge on any atom is -0.423 e. The van der Waals surface area contributed by atoms with Gasteiger partial charge in [0, 0.05) is 29.6 Å². The maximum Gasteiger partial charge on any atom is 0.247 e. The van der Waals surface area contributed by atoms with Crippen LogP contribution in [-0.2, 0) is 9.59 Å². The van der Waals surface area contributed by atoms with Gasteiger partial charge in [0.15, 0.2) is 0 Å². The Morgan fingerprint density at radius 2 is 1.69 bits per heavy atom. The van der Waals surface area contributed by atoms with E-state index >= 15 is 0 Å². The third kappa shape index (κ3) is 3.66. The highest BCUT2D eigenvalue weighted by Gasteiger charge is 2.54. The summed E-state index contributed by atoms with van der Waals surface area (Å²) in [5.74, 6) is 2.73. The van der Waals surface area contributed by atoms with Gasteiger partial charge < -0.3 is 15.1 Å². The van der Waals surface area contributed by atoms with Gasteiger partial charge in [-0.3, -0.25) is 9.59 Å². The quantitative estimate of drug-likeness (QED) is 0.783. The zero-order valence-corrected chi connectivity index (χ0v) is 16.4. The van der Waals surface area contributed by atoms with Gasteiger partial charge in [0.05, 0.1) is 0 Å². The van der Waals surface area contributed by atoms with Gasteiger partial charge in [0.1, 0.15) is 0 Å². The second-order valence-electron chi connectivity index (χ2n) is 9.07. The van der Waals surface area contributed by atoms with Crippen molar-refractivity contribution in [2.75, 3.05) is 11.9 Å². The fourth-order valence-electron chi connectivity index (χ4n) is 6.08. The molecule has 0 spiro atoms. The van der Waals surface area contributed by atoms with Crippen molar-refractivity contribution in [2.45, 2.75) is 44.9 Å². The number of nitrogens with zero attached hydrogens (tertiary/aromatic N) is 2. The number of benzene rings is 1. The lowest BCUT2D eigenvalue weighted by atomic mass is 9.49. The van der Waals surface area contributed by atoms with E-state index in [0.29, 0.717) is 18.1 Å². The van der Waals surface area contributed by atoms with Gasteiger partial charge in [-0.1, -0.05) is 0 Å². The summed E-state index contributed by atoms with van der Waals surface area (Å²) in [6, 6.07) is 7.23. The van der Waals surface area contributed by atoms with E-state index in [-0.39, 0.29) is 23.7 Å². The molecule has 0 unspecified atom stereocenters. The Morgan fingerprint density at radius 1 is 1.03 bits per heavy atom. The van der Waals surface area contributed by atoms with Gasteiger partial charge in [0.2, 0.25) is 24.1 Å². The number of nitrogens with one attached hydrogen (secondary N) is 2. The zero-order chi connectivity index (χ0) is 19.8. The van der Waals surface area contributed by atoms with Crippen molar-refractivity contribution in [1.29, 1.82) is 0 Å². The monoisotopic (exact) mass is 394 g/mol. The Hall–Kier alpha value is -2.70. The first kappa shape index (κ1) is 18.3. The number of hydrogen-bond acceptors (Lipinski definition) is 5. The van der Waals surface area contributed by atoms with Crippen LogP contribution in [0.5, 0.6) is 0 Å². The highest BCUT2D eigenvalue weighted by atomic mass is 16.4. The third-order valence-electron chi connectivity index (χ3n) is 6.93. The van der Waals surface area contributed by atoms with E-state index in [9.17, 15) is 9.59 Å². The second-order valence-corrected chi connectivity index (χ2v) is 9.07. The largest absolute Gasteiger partial charge is 0.423 e. The Labute approximate surface area is 169 Å². The minimum absolute atomic E-state index is 0.110. The number of carbonyl (C=O) groups excluding carboxylic acids is 2. The molecule has 29 heavy (non-hydrogen) atoms. The molecule has 4 saturated carbocycles. The van der Waals surface area contributed by atoms with Crippen molar-refractivity contribution in [1.82, 2.24) is 15.5 Å². The zero-order valence-electron chi connectivity index (χ0n) is 16.4. The minimum atomic E-state index is -0.157. The molecule has 0 saturated heterocycles. The Bertz CT molecular complexity index is 856. The molecule has 1 heterocycles. The number of hydrogen-bond donors (Lipinski definition) is 2. The van der Waals surface area contributed by atoms with Crippen LogP contribution in [0.15, 0.2) is 35.1 Å². The molecule has 4 aliphatic carbocycles. The maximum absolute atomic E-state index is 12.9. The van der Waals surface area contributed by atoms with E-state index in [2.05, 4.69) is 20.8 Å². The van der Waals surface area contributed by atoms with E-state index in [1.54, 1.807) is 12.1 Å². The first-order chi connectivity index (χ1) is 14.1. The summed E-state index contributed by atoms with van der Waals surface area (Å²) < 4.78 is 5.15. The number of amides is 2. The first-order valence-electron chi connectivity index (χ1n) is 10.5. The average molecular weight is 394 g/mol. The summed E-state index contributed by atoms with van der Waals surface area (Å²) >= 11 is 0. The molecular formula is C22H26N4O3. The summed E-state index contributed by atoms with van der Waals surface area (Å²) in [5.41, 5.74) is 1.34. The van der Waals surface area contributed by atoms with Crippen molar-refractivity contribution in [3.63, 3.8) is 0 Å². The fourth-order valence-corrected chi connectivity index (χ4v) is 6.08. The lowest BCUT2D eigenvalue weighted by Gasteiger charge is -2.55. The number of carbonyl (C=O) groups is 2. The Balaban J connectivity index is 1.10. The smallest absolute Gasteiger partial charge is 0.247 e. The van der Waals surface area contributed by atoms with E-state index in [1.165, 1.54) is 25.7 Å². The van der Waals surface area contributed by atoms with E-state index in [0.717, 1.165) is 42.6 Å². The predicted octanol–water partition coefficient (Wildman–Crippen LogP) is 3.40. The average Bonchev–Trinajstić information content (AvgIpc) is 3.22. The van der Waals surface area contributed by atoms with Crippen LogP contribution in [0.3, 0.4) is 0 Å². The van der Waals surface area contributed by atoms with Crippen LogP contribution in [-0.4, -0.2) is 28.6 Å². The molecule has 7 nitrogen and oxygen atoms in total. The van der Waals surface area contributed by atoms with E-state index in [4.69, 9.17) is 4.42 Å². The van der Waals surface area contributed by atoms with Gasteiger partial charge in [-0.2, -0.15) is 0 Å². The molecular weight excluding hydrogens is 368 g/mol. The first-order valence-corrected chi connectivity index (χ1v) is 10.5. The number of rotatable bonds is 6. The molecule has 6 rings (SSSR count). The Morgan fingerprint density at radius 3 is 2.28 bits per heavy atom.